The zero-order valence-corrected chi connectivity index (χ0v) is 11.0. The molecule has 0 amide bonds. The van der Waals surface area contributed by atoms with Gasteiger partial charge in [0.15, 0.2) is 0 Å². The molecule has 1 aromatic rings. The van der Waals surface area contributed by atoms with E-state index in [0.717, 1.165) is 5.69 Å². The molecule has 0 aliphatic heterocycles. The molecule has 65 valence electrons. The van der Waals surface area contributed by atoms with E-state index in [1.165, 1.54) is 0 Å². The second-order valence-electron chi connectivity index (χ2n) is 3.34. The summed E-state index contributed by atoms with van der Waals surface area (Å²) in [5.74, 6) is 0. The van der Waals surface area contributed by atoms with E-state index in [9.17, 15) is 0 Å². The average Bonchev–Trinajstić information content (AvgIpc) is 1.88. The van der Waals surface area contributed by atoms with Crippen molar-refractivity contribution in [2.45, 2.75) is 26.2 Å². The van der Waals surface area contributed by atoms with E-state index >= 15 is 0 Å². The molecule has 0 saturated carbocycles. The zero-order chi connectivity index (χ0) is 7.61. The van der Waals surface area contributed by atoms with Gasteiger partial charge in [0, 0.05) is 50.0 Å². The van der Waals surface area contributed by atoms with E-state index in [-0.39, 0.29) is 45.6 Å². The molecule has 1 aromatic heterocycles. The Morgan fingerprint density at radius 3 is 2.08 bits per heavy atom. The summed E-state index contributed by atoms with van der Waals surface area (Å²) in [6, 6.07) is 1.94. The molecular weight excluding hydrogens is 225 g/mol. The van der Waals surface area contributed by atoms with Gasteiger partial charge >= 0.3 is 0 Å². The van der Waals surface area contributed by atoms with Crippen molar-refractivity contribution in [3.63, 3.8) is 0 Å². The molecule has 0 N–H and O–H groups in total. The fourth-order valence-electron chi connectivity index (χ4n) is 0.734. The molecule has 0 unspecified atom stereocenters. The van der Waals surface area contributed by atoms with Crippen LogP contribution < -0.4 is 0 Å². The van der Waals surface area contributed by atoms with Gasteiger partial charge in [0.25, 0.3) is 0 Å². The van der Waals surface area contributed by atoms with Crippen molar-refractivity contribution in [3.8, 4) is 0 Å². The van der Waals surface area contributed by atoms with Gasteiger partial charge in [-0.2, -0.15) is 0 Å². The summed E-state index contributed by atoms with van der Waals surface area (Å²) in [7, 11) is 0. The Kier molecular flexibility index (Phi) is 7.06. The second-order valence-corrected chi connectivity index (χ2v) is 3.34. The van der Waals surface area contributed by atoms with Gasteiger partial charge in [0.05, 0.1) is 0 Å². The number of rotatable bonds is 0. The Bertz CT molecular complexity index is 204. The summed E-state index contributed by atoms with van der Waals surface area (Å²) in [5.41, 5.74) is 1.23. The summed E-state index contributed by atoms with van der Waals surface area (Å²) < 4.78 is 0. The summed E-state index contributed by atoms with van der Waals surface area (Å²) in [6.45, 7) is 6.40. The van der Waals surface area contributed by atoms with Crippen LogP contribution in [-0.2, 0) is 38.1 Å². The molecule has 12 heavy (non-hydrogen) atoms. The number of hydrogen-bond acceptors (Lipinski definition) is 2. The van der Waals surface area contributed by atoms with Gasteiger partial charge in [-0.1, -0.05) is 20.8 Å². The standard InChI is InChI=1S/C8H12N2.CH3.Y/c1-8(2,3)7-4-5-9-6-10-7;;/h4-6H,1-3H3;1H3;/q;-1;. The second kappa shape index (κ2) is 5.77. The van der Waals surface area contributed by atoms with E-state index in [0.29, 0.717) is 0 Å². The van der Waals surface area contributed by atoms with Crippen molar-refractivity contribution in [1.29, 1.82) is 0 Å². The maximum Gasteiger partial charge on any atom is 0.115 e. The van der Waals surface area contributed by atoms with Crippen LogP contribution in [0.1, 0.15) is 26.5 Å². The van der Waals surface area contributed by atoms with Crippen LogP contribution in [0.15, 0.2) is 18.6 Å². The third kappa shape index (κ3) is 4.27. The van der Waals surface area contributed by atoms with Crippen molar-refractivity contribution in [2.24, 2.45) is 0 Å². The zero-order valence-electron chi connectivity index (χ0n) is 8.20. The third-order valence-electron chi connectivity index (χ3n) is 1.35. The molecule has 0 aliphatic carbocycles. The molecule has 0 aliphatic rings. The van der Waals surface area contributed by atoms with Gasteiger partial charge in [-0.15, -0.1) is 0 Å². The molecule has 0 aromatic carbocycles. The van der Waals surface area contributed by atoms with Gasteiger partial charge in [-0.05, 0) is 6.07 Å². The Hall–Kier alpha value is 0.184. The molecule has 0 spiro atoms. The fraction of sp³-hybridized carbons (Fsp3) is 0.444. The minimum absolute atomic E-state index is 0. The predicted octanol–water partition coefficient (Wildman–Crippen LogP) is 2.22. The van der Waals surface area contributed by atoms with Crippen molar-refractivity contribution >= 4 is 0 Å². The molecule has 1 radical (unpaired) electrons. The maximum atomic E-state index is 4.14. The van der Waals surface area contributed by atoms with Crippen molar-refractivity contribution in [3.05, 3.63) is 31.7 Å². The first-order valence-corrected chi connectivity index (χ1v) is 3.37. The van der Waals surface area contributed by atoms with Crippen LogP contribution in [-0.4, -0.2) is 9.97 Å². The molecule has 0 fully saturated rings. The molecular formula is C9H15N2Y-. The summed E-state index contributed by atoms with van der Waals surface area (Å²) in [5, 5.41) is 0. The van der Waals surface area contributed by atoms with E-state index in [4.69, 9.17) is 0 Å². The fourth-order valence-corrected chi connectivity index (χ4v) is 0.734. The minimum atomic E-state index is 0. The number of hydrogen-bond donors (Lipinski definition) is 0. The third-order valence-corrected chi connectivity index (χ3v) is 1.35. The van der Waals surface area contributed by atoms with Crippen molar-refractivity contribution in [1.82, 2.24) is 9.97 Å². The van der Waals surface area contributed by atoms with Gasteiger partial charge < -0.3 is 7.43 Å². The largest absolute Gasteiger partial charge is 0.358 e. The van der Waals surface area contributed by atoms with Crippen LogP contribution in [0.2, 0.25) is 0 Å². The topological polar surface area (TPSA) is 25.8 Å². The molecule has 2 nitrogen and oxygen atoms in total. The molecule has 3 heteroatoms. The normalized spacial score (nSPS) is 9.58. The molecule has 1 heterocycles. The monoisotopic (exact) mass is 240 g/mol. The van der Waals surface area contributed by atoms with Crippen molar-refractivity contribution in [2.75, 3.05) is 0 Å². The Labute approximate surface area is 100 Å². The van der Waals surface area contributed by atoms with Crippen LogP contribution in [0.5, 0.6) is 0 Å². The Balaban J connectivity index is 0. The Morgan fingerprint density at radius 2 is 1.83 bits per heavy atom. The minimum Gasteiger partial charge on any atom is -0.358 e. The maximum absolute atomic E-state index is 4.14. The van der Waals surface area contributed by atoms with Gasteiger partial charge in [-0.3, -0.25) is 0 Å². The van der Waals surface area contributed by atoms with Crippen LogP contribution in [0.4, 0.5) is 0 Å². The van der Waals surface area contributed by atoms with Crippen LogP contribution in [0.3, 0.4) is 0 Å². The first-order valence-electron chi connectivity index (χ1n) is 3.37. The van der Waals surface area contributed by atoms with Crippen LogP contribution in [0, 0.1) is 7.43 Å². The first-order chi connectivity index (χ1) is 4.61. The molecule has 0 saturated heterocycles. The average molecular weight is 240 g/mol. The van der Waals surface area contributed by atoms with E-state index < -0.39 is 0 Å². The quantitative estimate of drug-likeness (QED) is 0.650. The van der Waals surface area contributed by atoms with Crippen LogP contribution >= 0.6 is 0 Å². The van der Waals surface area contributed by atoms with Crippen LogP contribution in [0.25, 0.3) is 0 Å². The number of aromatic nitrogens is 2. The smallest absolute Gasteiger partial charge is 0.115 e. The summed E-state index contributed by atoms with van der Waals surface area (Å²) in [4.78, 5) is 7.99. The predicted molar refractivity (Wildman–Crippen MR) is 47.1 cm³/mol. The van der Waals surface area contributed by atoms with Gasteiger partial charge in [0.2, 0.25) is 0 Å². The van der Waals surface area contributed by atoms with Crippen molar-refractivity contribution < 1.29 is 32.7 Å². The SMILES string of the molecule is CC(C)(C)c1ccncn1.[CH3-].[Y]. The Morgan fingerprint density at radius 1 is 1.25 bits per heavy atom. The number of nitrogens with zero attached hydrogens (tertiary/aromatic N) is 2. The van der Waals surface area contributed by atoms with E-state index in [1.54, 1.807) is 12.5 Å². The summed E-state index contributed by atoms with van der Waals surface area (Å²) in [6.07, 6.45) is 3.36. The van der Waals surface area contributed by atoms with Gasteiger partial charge in [-0.25, -0.2) is 9.97 Å². The van der Waals surface area contributed by atoms with E-state index in [1.807, 2.05) is 6.07 Å². The van der Waals surface area contributed by atoms with E-state index in [2.05, 4.69) is 30.7 Å². The van der Waals surface area contributed by atoms with Gasteiger partial charge in [0.1, 0.15) is 6.33 Å². The molecule has 0 bridgehead atoms. The molecule has 1 rings (SSSR count). The first kappa shape index (κ1) is 14.7. The summed E-state index contributed by atoms with van der Waals surface area (Å²) >= 11 is 0. The molecule has 0 atom stereocenters.